The van der Waals surface area contributed by atoms with E-state index in [0.29, 0.717) is 17.0 Å². The molecular formula is C23H17BrN2O2. The first-order valence-electron chi connectivity index (χ1n) is 8.76. The average Bonchev–Trinajstić information content (AvgIpc) is 3.00. The first-order chi connectivity index (χ1) is 13.6. The van der Waals surface area contributed by atoms with Crippen molar-refractivity contribution >= 4 is 33.3 Å². The lowest BCUT2D eigenvalue weighted by atomic mass is 9.95. The number of carbonyl (C=O) groups is 1. The van der Waals surface area contributed by atoms with Gasteiger partial charge in [0.25, 0.3) is 0 Å². The molecule has 0 aliphatic carbocycles. The molecule has 0 bridgehead atoms. The van der Waals surface area contributed by atoms with Gasteiger partial charge < -0.3 is 10.0 Å². The maximum absolute atomic E-state index is 13.2. The van der Waals surface area contributed by atoms with Crippen LogP contribution in [-0.2, 0) is 4.79 Å². The van der Waals surface area contributed by atoms with E-state index in [-0.39, 0.29) is 17.2 Å². The number of carbonyl (C=O) groups excluding carboxylic acids is 1. The standard InChI is InChI=1S/C23H17BrN2O2/c1-15-22(27)20(23(28)17-10-12-18(24)13-11-17)21(16-7-3-2-4-8-16)26(15)19-9-5-6-14-25-19/h2-14,21,28H,1H2. The van der Waals surface area contributed by atoms with Crippen LogP contribution in [-0.4, -0.2) is 15.9 Å². The summed E-state index contributed by atoms with van der Waals surface area (Å²) in [5.74, 6) is 0.263. The van der Waals surface area contributed by atoms with Gasteiger partial charge in [-0.05, 0) is 29.8 Å². The molecule has 1 atom stereocenters. The zero-order chi connectivity index (χ0) is 19.7. The molecule has 4 nitrogen and oxygen atoms in total. The number of ketones is 1. The minimum atomic E-state index is -0.514. The van der Waals surface area contributed by atoms with Crippen LogP contribution < -0.4 is 4.90 Å². The number of Topliss-reactive ketones (excluding diaryl/α,β-unsaturated/α-hetero) is 1. The van der Waals surface area contributed by atoms with E-state index in [1.54, 1.807) is 23.2 Å². The highest BCUT2D eigenvalue weighted by molar-refractivity contribution is 9.10. The van der Waals surface area contributed by atoms with Crippen LogP contribution in [0.2, 0.25) is 0 Å². The fraction of sp³-hybridized carbons (Fsp3) is 0.0435. The summed E-state index contributed by atoms with van der Waals surface area (Å²) >= 11 is 3.39. The number of pyridine rings is 1. The van der Waals surface area contributed by atoms with Crippen LogP contribution in [0.3, 0.4) is 0 Å². The minimum absolute atomic E-state index is 0.0501. The molecule has 1 fully saturated rings. The van der Waals surface area contributed by atoms with Gasteiger partial charge in [0.15, 0.2) is 0 Å². The zero-order valence-electron chi connectivity index (χ0n) is 14.9. The van der Waals surface area contributed by atoms with Crippen molar-refractivity contribution in [3.63, 3.8) is 0 Å². The summed E-state index contributed by atoms with van der Waals surface area (Å²) in [7, 11) is 0. The van der Waals surface area contributed by atoms with Crippen molar-refractivity contribution in [1.82, 2.24) is 4.98 Å². The molecule has 1 saturated heterocycles. The Hall–Kier alpha value is -3.18. The van der Waals surface area contributed by atoms with E-state index in [2.05, 4.69) is 27.5 Å². The summed E-state index contributed by atoms with van der Waals surface area (Å²) in [4.78, 5) is 19.3. The van der Waals surface area contributed by atoms with E-state index in [9.17, 15) is 9.90 Å². The first-order valence-corrected chi connectivity index (χ1v) is 9.55. The minimum Gasteiger partial charge on any atom is -0.507 e. The second kappa shape index (κ2) is 7.44. The fourth-order valence-corrected chi connectivity index (χ4v) is 3.66. The van der Waals surface area contributed by atoms with Gasteiger partial charge in [0.2, 0.25) is 5.78 Å². The van der Waals surface area contributed by atoms with Gasteiger partial charge in [0.1, 0.15) is 11.6 Å². The molecule has 0 amide bonds. The molecule has 0 spiro atoms. The van der Waals surface area contributed by atoms with Gasteiger partial charge in [-0.15, -0.1) is 0 Å². The number of nitrogens with zero attached hydrogens (tertiary/aromatic N) is 2. The Bertz CT molecular complexity index is 1060. The molecule has 1 aromatic heterocycles. The number of aliphatic hydroxyl groups is 1. The van der Waals surface area contributed by atoms with Crippen LogP contribution in [0.15, 0.2) is 101 Å². The lowest BCUT2D eigenvalue weighted by molar-refractivity contribution is -0.111. The topological polar surface area (TPSA) is 53.4 Å². The molecule has 1 unspecified atom stereocenters. The highest BCUT2D eigenvalue weighted by Gasteiger charge is 2.43. The summed E-state index contributed by atoms with van der Waals surface area (Å²) in [6, 6.07) is 21.8. The van der Waals surface area contributed by atoms with Crippen molar-refractivity contribution < 1.29 is 9.90 Å². The molecule has 3 aromatic rings. The number of benzene rings is 2. The SMILES string of the molecule is C=C1C(=O)C(=C(O)c2ccc(Br)cc2)C(c2ccccc2)N1c1ccccn1. The van der Waals surface area contributed by atoms with Crippen molar-refractivity contribution in [3.8, 4) is 0 Å². The van der Waals surface area contributed by atoms with Gasteiger partial charge >= 0.3 is 0 Å². The third-order valence-corrected chi connectivity index (χ3v) is 5.24. The van der Waals surface area contributed by atoms with E-state index >= 15 is 0 Å². The number of anilines is 1. The number of allylic oxidation sites excluding steroid dienone is 1. The molecule has 28 heavy (non-hydrogen) atoms. The summed E-state index contributed by atoms with van der Waals surface area (Å²) in [6.07, 6.45) is 1.67. The third-order valence-electron chi connectivity index (χ3n) is 4.71. The number of hydrogen-bond acceptors (Lipinski definition) is 4. The van der Waals surface area contributed by atoms with Gasteiger partial charge in [-0.2, -0.15) is 0 Å². The largest absolute Gasteiger partial charge is 0.507 e. The van der Waals surface area contributed by atoms with Gasteiger partial charge in [-0.3, -0.25) is 4.79 Å². The molecule has 0 saturated carbocycles. The third kappa shape index (κ3) is 3.14. The highest BCUT2D eigenvalue weighted by Crippen LogP contribution is 2.44. The van der Waals surface area contributed by atoms with Gasteiger partial charge in [-0.25, -0.2) is 4.98 Å². The Morgan fingerprint density at radius 2 is 1.68 bits per heavy atom. The van der Waals surface area contributed by atoms with Crippen molar-refractivity contribution in [2.45, 2.75) is 6.04 Å². The van der Waals surface area contributed by atoms with Crippen molar-refractivity contribution in [2.24, 2.45) is 0 Å². The molecule has 2 aromatic carbocycles. The summed E-state index contributed by atoms with van der Waals surface area (Å²) in [5.41, 5.74) is 2.03. The van der Waals surface area contributed by atoms with Crippen molar-refractivity contribution in [1.29, 1.82) is 0 Å². The number of aliphatic hydroxyl groups excluding tert-OH is 1. The van der Waals surface area contributed by atoms with Crippen LogP contribution in [0.1, 0.15) is 17.2 Å². The van der Waals surface area contributed by atoms with Crippen molar-refractivity contribution in [2.75, 3.05) is 4.90 Å². The Kier molecular flexibility index (Phi) is 4.84. The monoisotopic (exact) mass is 432 g/mol. The molecule has 0 radical (unpaired) electrons. The van der Waals surface area contributed by atoms with E-state index in [1.165, 1.54) is 0 Å². The van der Waals surface area contributed by atoms with Gasteiger partial charge in [0.05, 0.1) is 17.3 Å². The smallest absolute Gasteiger partial charge is 0.211 e. The summed E-state index contributed by atoms with van der Waals surface area (Å²) in [6.45, 7) is 3.99. The first kappa shape index (κ1) is 18.2. The summed E-state index contributed by atoms with van der Waals surface area (Å²) < 4.78 is 0.894. The van der Waals surface area contributed by atoms with E-state index in [1.807, 2.05) is 60.7 Å². The van der Waals surface area contributed by atoms with Gasteiger partial charge in [0, 0.05) is 16.2 Å². The van der Waals surface area contributed by atoms with Crippen LogP contribution >= 0.6 is 15.9 Å². The van der Waals surface area contributed by atoms with Crippen LogP contribution in [0.5, 0.6) is 0 Å². The molecular weight excluding hydrogens is 416 g/mol. The fourth-order valence-electron chi connectivity index (χ4n) is 3.39. The predicted molar refractivity (Wildman–Crippen MR) is 114 cm³/mol. The number of hydrogen-bond donors (Lipinski definition) is 1. The van der Waals surface area contributed by atoms with Crippen LogP contribution in [0, 0.1) is 0 Å². The molecule has 1 aliphatic heterocycles. The molecule has 5 heteroatoms. The number of aromatic nitrogens is 1. The van der Waals surface area contributed by atoms with E-state index in [0.717, 1.165) is 10.0 Å². The second-order valence-electron chi connectivity index (χ2n) is 6.42. The Morgan fingerprint density at radius 3 is 2.32 bits per heavy atom. The Labute approximate surface area is 171 Å². The predicted octanol–water partition coefficient (Wildman–Crippen LogP) is 5.46. The lowest BCUT2D eigenvalue weighted by Gasteiger charge is -2.26. The van der Waals surface area contributed by atoms with Gasteiger partial charge in [-0.1, -0.05) is 71.0 Å². The Morgan fingerprint density at radius 1 is 1.00 bits per heavy atom. The highest BCUT2D eigenvalue weighted by atomic mass is 79.9. The summed E-state index contributed by atoms with van der Waals surface area (Å²) in [5, 5.41) is 11.1. The number of halogens is 1. The van der Waals surface area contributed by atoms with Crippen LogP contribution in [0.25, 0.3) is 5.76 Å². The molecule has 1 N–H and O–H groups in total. The quantitative estimate of drug-likeness (QED) is 0.441. The lowest BCUT2D eigenvalue weighted by Crippen LogP contribution is -2.22. The Balaban J connectivity index is 1.94. The number of rotatable bonds is 3. The second-order valence-corrected chi connectivity index (χ2v) is 7.33. The molecule has 2 heterocycles. The van der Waals surface area contributed by atoms with E-state index in [4.69, 9.17) is 0 Å². The molecule has 138 valence electrons. The maximum atomic E-state index is 13.2. The average molecular weight is 433 g/mol. The molecule has 1 aliphatic rings. The zero-order valence-corrected chi connectivity index (χ0v) is 16.5. The molecule has 4 rings (SSSR count). The van der Waals surface area contributed by atoms with Crippen molar-refractivity contribution in [3.05, 3.63) is 112 Å². The normalized spacial score (nSPS) is 18.5. The van der Waals surface area contributed by atoms with Crippen LogP contribution in [0.4, 0.5) is 5.82 Å². The maximum Gasteiger partial charge on any atom is 0.211 e. The van der Waals surface area contributed by atoms with E-state index < -0.39 is 6.04 Å².